The molecule has 6 rings (SSSR count). The van der Waals surface area contributed by atoms with E-state index in [1.54, 1.807) is 22.2 Å². The molecule has 0 radical (unpaired) electrons. The van der Waals surface area contributed by atoms with Crippen molar-refractivity contribution in [1.82, 2.24) is 45.5 Å². The van der Waals surface area contributed by atoms with Crippen molar-refractivity contribution in [2.75, 3.05) is 27.3 Å². The van der Waals surface area contributed by atoms with Gasteiger partial charge in [-0.3, -0.25) is 4.79 Å². The predicted octanol–water partition coefficient (Wildman–Crippen LogP) is 6.42. The minimum absolute atomic E-state index is 0.105. The number of nitrogens with one attached hydrogen (secondary N) is 4. The summed E-state index contributed by atoms with van der Waals surface area (Å²) in [5.74, 6) is 1.17. The van der Waals surface area contributed by atoms with Gasteiger partial charge >= 0.3 is 18.2 Å². The minimum atomic E-state index is -0.699. The van der Waals surface area contributed by atoms with Crippen LogP contribution in [0.5, 0.6) is 0 Å². The first kappa shape index (κ1) is 37.9. The maximum absolute atomic E-state index is 13.5. The number of carbonyl (C=O) groups is 4. The lowest BCUT2D eigenvalue weighted by Crippen LogP contribution is -2.54. The van der Waals surface area contributed by atoms with Crippen molar-refractivity contribution >= 4 is 24.1 Å². The molecule has 286 valence electrons. The molecule has 15 heteroatoms. The van der Waals surface area contributed by atoms with Gasteiger partial charge in [-0.1, -0.05) is 62.4 Å². The number of alkyl carbamates (subject to hydrolysis) is 1. The monoisotopic (exact) mass is 739 g/mol. The number of ether oxygens (including phenoxy) is 2. The van der Waals surface area contributed by atoms with E-state index in [1.807, 2.05) is 52.0 Å². The Morgan fingerprint density at radius 2 is 1.19 bits per heavy atom. The Kier molecular flexibility index (Phi) is 11.5. The molecule has 0 aliphatic carbocycles. The lowest BCUT2D eigenvalue weighted by Gasteiger charge is -2.33. The molecule has 2 aliphatic rings. The predicted molar refractivity (Wildman–Crippen MR) is 201 cm³/mol. The lowest BCUT2D eigenvalue weighted by molar-refractivity contribution is -0.135. The molecule has 2 aromatic heterocycles. The molecule has 0 unspecified atom stereocenters. The SMILES string of the molecule is COC(=O)N[C@H](C(=O)N1CCC[C@H]1c1ncc(-c2ccc(-c3ccc(-c4cnc([C@@H]5CCCN5C(=O)N(NC(=O)OC)C(C)C)[nH]4)cc3)cc2)[nH]1)C(C)C. The first-order valence-corrected chi connectivity index (χ1v) is 18.4. The number of methoxy groups -OCH3 is 2. The first-order valence-electron chi connectivity index (χ1n) is 18.4. The number of likely N-dealkylation sites (tertiary alicyclic amines) is 2. The molecule has 4 aromatic rings. The van der Waals surface area contributed by atoms with E-state index in [-0.39, 0.29) is 36.0 Å². The fraction of sp³-hybridized carbons (Fsp3) is 0.436. The Bertz CT molecular complexity index is 1800. The van der Waals surface area contributed by atoms with Crippen LogP contribution in [0.1, 0.15) is 77.1 Å². The highest BCUT2D eigenvalue weighted by molar-refractivity contribution is 5.86. The van der Waals surface area contributed by atoms with Crippen LogP contribution in [0.15, 0.2) is 60.9 Å². The third kappa shape index (κ3) is 8.04. The van der Waals surface area contributed by atoms with Gasteiger partial charge in [-0.2, -0.15) is 0 Å². The van der Waals surface area contributed by atoms with Crippen molar-refractivity contribution in [2.24, 2.45) is 5.92 Å². The van der Waals surface area contributed by atoms with Crippen LogP contribution in [-0.2, 0) is 14.3 Å². The third-order valence-electron chi connectivity index (χ3n) is 10.1. The highest BCUT2D eigenvalue weighted by atomic mass is 16.5. The van der Waals surface area contributed by atoms with E-state index in [1.165, 1.54) is 19.2 Å². The molecule has 0 spiro atoms. The van der Waals surface area contributed by atoms with Crippen LogP contribution in [0.25, 0.3) is 33.6 Å². The molecule has 15 nitrogen and oxygen atoms in total. The number of amides is 5. The molecular weight excluding hydrogens is 690 g/mol. The largest absolute Gasteiger partial charge is 0.453 e. The number of hydrogen-bond donors (Lipinski definition) is 4. The molecule has 0 saturated carbocycles. The highest BCUT2D eigenvalue weighted by Crippen LogP contribution is 2.35. The number of urea groups is 1. The Labute approximate surface area is 314 Å². The number of carbonyl (C=O) groups excluding carboxylic acids is 4. The summed E-state index contributed by atoms with van der Waals surface area (Å²) < 4.78 is 9.46. The van der Waals surface area contributed by atoms with E-state index in [2.05, 4.69) is 54.9 Å². The average molecular weight is 740 g/mol. The van der Waals surface area contributed by atoms with Crippen LogP contribution in [0, 0.1) is 5.92 Å². The normalized spacial score (nSPS) is 17.5. The van der Waals surface area contributed by atoms with Crippen LogP contribution in [0.3, 0.4) is 0 Å². The molecule has 4 heterocycles. The number of rotatable bonds is 9. The van der Waals surface area contributed by atoms with E-state index < -0.39 is 18.2 Å². The van der Waals surface area contributed by atoms with Crippen molar-refractivity contribution in [3.05, 3.63) is 72.6 Å². The minimum Gasteiger partial charge on any atom is -0.453 e. The smallest absolute Gasteiger partial charge is 0.425 e. The number of aromatic nitrogens is 4. The van der Waals surface area contributed by atoms with Gasteiger partial charge in [0.15, 0.2) is 0 Å². The van der Waals surface area contributed by atoms with Crippen molar-refractivity contribution in [2.45, 2.75) is 77.5 Å². The maximum Gasteiger partial charge on any atom is 0.425 e. The molecule has 2 aromatic carbocycles. The van der Waals surface area contributed by atoms with Crippen molar-refractivity contribution in [3.63, 3.8) is 0 Å². The van der Waals surface area contributed by atoms with Gasteiger partial charge in [0.2, 0.25) is 5.91 Å². The second kappa shape index (κ2) is 16.4. The number of nitrogens with zero attached hydrogens (tertiary/aromatic N) is 5. The molecule has 0 bridgehead atoms. The Morgan fingerprint density at radius 1 is 0.722 bits per heavy atom. The van der Waals surface area contributed by atoms with E-state index in [0.29, 0.717) is 18.9 Å². The van der Waals surface area contributed by atoms with E-state index in [9.17, 15) is 19.2 Å². The molecule has 54 heavy (non-hydrogen) atoms. The molecule has 5 amide bonds. The van der Waals surface area contributed by atoms with E-state index >= 15 is 0 Å². The van der Waals surface area contributed by atoms with Crippen LogP contribution in [0.4, 0.5) is 14.4 Å². The number of hydrazine groups is 1. The second-order valence-electron chi connectivity index (χ2n) is 14.3. The van der Waals surface area contributed by atoms with E-state index in [4.69, 9.17) is 9.47 Å². The van der Waals surface area contributed by atoms with Gasteiger partial charge in [0.05, 0.1) is 50.1 Å². The number of benzene rings is 2. The number of H-pyrrole nitrogens is 2. The Hall–Kier alpha value is -5.86. The molecule has 2 saturated heterocycles. The number of aromatic amines is 2. The van der Waals surface area contributed by atoms with Crippen LogP contribution >= 0.6 is 0 Å². The van der Waals surface area contributed by atoms with Crippen molar-refractivity contribution < 1.29 is 28.7 Å². The summed E-state index contributed by atoms with van der Waals surface area (Å²) in [7, 11) is 2.55. The number of imidazole rings is 2. The maximum atomic E-state index is 13.5. The van der Waals surface area contributed by atoms with Gasteiger partial charge in [0, 0.05) is 19.1 Å². The van der Waals surface area contributed by atoms with Gasteiger partial charge in [-0.25, -0.2) is 34.8 Å². The van der Waals surface area contributed by atoms with Gasteiger partial charge < -0.3 is 34.6 Å². The standard InChI is InChI=1S/C39H49N9O6/c1-23(2)33(44-37(50)53-5)36(49)46-19-7-9-31(46)34-40-21-29(42-34)27-15-11-25(12-16-27)26-13-17-28(18-14-26)30-22-41-35(43-30)32-10-8-20-47(32)39(52)48(24(3)4)45-38(51)54-6/h11-18,21-24,31-33H,7-10,19-20H2,1-6H3,(H,40,42)(H,41,43)(H,44,50)(H,45,51)/t31-,32-,33-/m0/s1. The molecule has 3 atom stereocenters. The first-order chi connectivity index (χ1) is 26.0. The summed E-state index contributed by atoms with van der Waals surface area (Å²) in [6.07, 6.45) is 5.46. The van der Waals surface area contributed by atoms with Gasteiger partial charge in [-0.05, 0) is 67.7 Å². The van der Waals surface area contributed by atoms with Gasteiger partial charge in [0.1, 0.15) is 17.7 Å². The molecule has 2 aliphatic heterocycles. The van der Waals surface area contributed by atoms with E-state index in [0.717, 1.165) is 65.1 Å². The summed E-state index contributed by atoms with van der Waals surface area (Å²) in [6, 6.07) is 14.7. The zero-order valence-electron chi connectivity index (χ0n) is 31.6. The molecule has 2 fully saturated rings. The molecule has 4 N–H and O–H groups in total. The fourth-order valence-corrected chi connectivity index (χ4v) is 7.14. The Balaban J connectivity index is 1.11. The highest BCUT2D eigenvalue weighted by Gasteiger charge is 2.38. The summed E-state index contributed by atoms with van der Waals surface area (Å²) >= 11 is 0. The second-order valence-corrected chi connectivity index (χ2v) is 14.3. The van der Waals surface area contributed by atoms with Gasteiger partial charge in [-0.15, -0.1) is 0 Å². The zero-order chi connectivity index (χ0) is 38.5. The average Bonchev–Trinajstić information content (AvgIpc) is 4.02. The quantitative estimate of drug-likeness (QED) is 0.142. The van der Waals surface area contributed by atoms with Crippen molar-refractivity contribution in [3.8, 4) is 33.6 Å². The summed E-state index contributed by atoms with van der Waals surface area (Å²) in [5.41, 5.74) is 8.26. The third-order valence-corrected chi connectivity index (χ3v) is 10.1. The lowest BCUT2D eigenvalue weighted by atomic mass is 10.0. The summed E-state index contributed by atoms with van der Waals surface area (Å²) in [5, 5.41) is 3.98. The molecular formula is C39H49N9O6. The zero-order valence-corrected chi connectivity index (χ0v) is 31.6. The Morgan fingerprint density at radius 3 is 1.65 bits per heavy atom. The number of hydrogen-bond acceptors (Lipinski definition) is 8. The summed E-state index contributed by atoms with van der Waals surface area (Å²) in [4.78, 5) is 70.5. The van der Waals surface area contributed by atoms with Crippen LogP contribution in [-0.4, -0.2) is 98.3 Å². The summed E-state index contributed by atoms with van der Waals surface area (Å²) in [6.45, 7) is 8.59. The van der Waals surface area contributed by atoms with Crippen molar-refractivity contribution in [1.29, 1.82) is 0 Å². The topological polar surface area (TPSA) is 178 Å². The fourth-order valence-electron chi connectivity index (χ4n) is 7.14. The van der Waals surface area contributed by atoms with Crippen LogP contribution < -0.4 is 10.7 Å². The van der Waals surface area contributed by atoms with Crippen LogP contribution in [0.2, 0.25) is 0 Å². The van der Waals surface area contributed by atoms with Gasteiger partial charge in [0.25, 0.3) is 0 Å².